The minimum atomic E-state index is 0.671. The summed E-state index contributed by atoms with van der Waals surface area (Å²) in [5, 5.41) is 0. The monoisotopic (exact) mass is 132 g/mol. The lowest BCUT2D eigenvalue weighted by Gasteiger charge is -1.85. The van der Waals surface area contributed by atoms with Crippen LogP contribution < -0.4 is 0 Å². The number of hydrogen-bond donors (Lipinski definition) is 0. The summed E-state index contributed by atoms with van der Waals surface area (Å²) >= 11 is 0.671. The highest BCUT2D eigenvalue weighted by Crippen LogP contribution is 1.95. The van der Waals surface area contributed by atoms with Crippen molar-refractivity contribution in [2.45, 2.75) is 26.2 Å². The third-order valence-corrected chi connectivity index (χ3v) is 1.30. The van der Waals surface area contributed by atoms with Gasteiger partial charge in [-0.05, 0) is 6.42 Å². The van der Waals surface area contributed by atoms with Crippen molar-refractivity contribution in [3.05, 3.63) is 6.42 Å². The van der Waals surface area contributed by atoms with Crippen molar-refractivity contribution in [1.82, 2.24) is 0 Å². The fraction of sp³-hybridized carbons (Fsp3) is 0.833. The second-order valence-electron chi connectivity index (χ2n) is 1.69. The van der Waals surface area contributed by atoms with Gasteiger partial charge in [0.1, 0.15) is 0 Å². The van der Waals surface area contributed by atoms with Crippen molar-refractivity contribution < 1.29 is 4.21 Å². The molecular weight excluding hydrogens is 120 g/mol. The molecule has 1 radical (unpaired) electrons. The van der Waals surface area contributed by atoms with E-state index in [4.69, 9.17) is 0 Å². The molecule has 0 fully saturated rings. The Morgan fingerprint density at radius 1 is 1.50 bits per heavy atom. The molecule has 0 aromatic rings. The van der Waals surface area contributed by atoms with Gasteiger partial charge in [0.2, 0.25) is 5.75 Å². The summed E-state index contributed by atoms with van der Waals surface area (Å²) in [6.45, 7) is 2.14. The molecule has 0 aliphatic carbocycles. The first-order valence-electron chi connectivity index (χ1n) is 2.98. The van der Waals surface area contributed by atoms with E-state index in [2.05, 4.69) is 13.3 Å². The van der Waals surface area contributed by atoms with Crippen LogP contribution >= 0.6 is 0 Å². The first kappa shape index (κ1) is 8.02. The van der Waals surface area contributed by atoms with Gasteiger partial charge in [-0.1, -0.05) is 19.8 Å². The largest absolute Gasteiger partial charge is 0.458 e. The van der Waals surface area contributed by atoms with Gasteiger partial charge in [-0.3, -0.25) is 0 Å². The Morgan fingerprint density at radius 2 is 2.25 bits per heavy atom. The Kier molecular flexibility index (Phi) is 7.04. The molecule has 0 unspecified atom stereocenters. The fourth-order valence-corrected chi connectivity index (χ4v) is 0.743. The quantitative estimate of drug-likeness (QED) is 0.412. The molecule has 0 rings (SSSR count). The minimum Gasteiger partial charge on any atom is -0.0654 e. The second kappa shape index (κ2) is 7.02. The highest BCUT2D eigenvalue weighted by atomic mass is 32.1. The van der Waals surface area contributed by atoms with Gasteiger partial charge in [0.15, 0.2) is 0 Å². The first-order valence-corrected chi connectivity index (χ1v) is 3.89. The molecule has 0 aliphatic heterocycles. The number of rotatable bonds is 5. The second-order valence-corrected chi connectivity index (χ2v) is 2.33. The van der Waals surface area contributed by atoms with Gasteiger partial charge >= 0.3 is 11.7 Å². The van der Waals surface area contributed by atoms with Gasteiger partial charge in [0.05, 0.1) is 0 Å². The van der Waals surface area contributed by atoms with Gasteiger partial charge in [0.25, 0.3) is 0 Å². The standard InChI is InChI=1S/C6H12OS/c1-2-3-4-5-6-8-7/h4H,2-3,5-6H2,1H3/q+1. The van der Waals surface area contributed by atoms with Crippen LogP contribution in [0.1, 0.15) is 26.2 Å². The lowest BCUT2D eigenvalue weighted by Crippen LogP contribution is -1.81. The molecule has 0 amide bonds. The van der Waals surface area contributed by atoms with E-state index in [1.807, 2.05) is 0 Å². The summed E-state index contributed by atoms with van der Waals surface area (Å²) in [4.78, 5) is 0. The molecule has 1 nitrogen and oxygen atoms in total. The highest BCUT2D eigenvalue weighted by Gasteiger charge is 1.95. The fourth-order valence-electron chi connectivity index (χ4n) is 0.480. The number of unbranched alkanes of at least 4 members (excludes halogenated alkanes) is 3. The van der Waals surface area contributed by atoms with Crippen LogP contribution in [0.15, 0.2) is 0 Å². The SMILES string of the molecule is CCC[CH]CC[S+]=O. The summed E-state index contributed by atoms with van der Waals surface area (Å²) in [5.41, 5.74) is 0. The molecule has 0 saturated carbocycles. The van der Waals surface area contributed by atoms with Crippen LogP contribution in [0.25, 0.3) is 0 Å². The molecule has 0 spiro atoms. The molecule has 2 heteroatoms. The molecule has 0 saturated heterocycles. The van der Waals surface area contributed by atoms with Crippen LogP contribution in [-0.4, -0.2) is 5.75 Å². The van der Waals surface area contributed by atoms with Crippen molar-refractivity contribution in [1.29, 1.82) is 0 Å². The summed E-state index contributed by atoms with van der Waals surface area (Å²) in [5.74, 6) is 0.736. The van der Waals surface area contributed by atoms with Crippen LogP contribution in [-0.2, 0) is 15.9 Å². The van der Waals surface area contributed by atoms with E-state index < -0.39 is 0 Å². The van der Waals surface area contributed by atoms with Gasteiger partial charge in [-0.15, -0.1) is 0 Å². The Balaban J connectivity index is 2.62. The molecule has 47 valence electrons. The van der Waals surface area contributed by atoms with Crippen LogP contribution in [0.3, 0.4) is 0 Å². The Labute approximate surface area is 55.0 Å². The third kappa shape index (κ3) is 6.02. The Bertz CT molecular complexity index is 54.5. The summed E-state index contributed by atoms with van der Waals surface area (Å²) in [6.07, 6.45) is 5.50. The molecule has 0 aromatic carbocycles. The van der Waals surface area contributed by atoms with E-state index in [0.29, 0.717) is 11.7 Å². The topological polar surface area (TPSA) is 17.1 Å². The van der Waals surface area contributed by atoms with E-state index in [1.165, 1.54) is 6.42 Å². The normalized spacial score (nSPS) is 9.12. The first-order chi connectivity index (χ1) is 3.91. The molecular formula is C6H12OS+. The van der Waals surface area contributed by atoms with E-state index in [1.54, 1.807) is 0 Å². The zero-order chi connectivity index (χ0) is 6.24. The van der Waals surface area contributed by atoms with Crippen molar-refractivity contribution in [3.63, 3.8) is 0 Å². The maximum absolute atomic E-state index is 9.79. The van der Waals surface area contributed by atoms with Crippen LogP contribution in [0.4, 0.5) is 0 Å². The Morgan fingerprint density at radius 3 is 2.75 bits per heavy atom. The molecule has 8 heavy (non-hydrogen) atoms. The molecule has 0 heterocycles. The molecule has 0 atom stereocenters. The van der Waals surface area contributed by atoms with Gasteiger partial charge in [0, 0.05) is 10.6 Å². The average Bonchev–Trinajstić information content (AvgIpc) is 1.81. The van der Waals surface area contributed by atoms with Gasteiger partial charge in [-0.2, -0.15) is 0 Å². The van der Waals surface area contributed by atoms with E-state index in [9.17, 15) is 4.21 Å². The van der Waals surface area contributed by atoms with Crippen LogP contribution in [0.2, 0.25) is 0 Å². The molecule has 0 aromatic heterocycles. The van der Waals surface area contributed by atoms with Gasteiger partial charge in [-0.25, -0.2) is 0 Å². The predicted octanol–water partition coefficient (Wildman–Crippen LogP) is 1.81. The maximum atomic E-state index is 9.79. The minimum absolute atomic E-state index is 0.671. The summed E-state index contributed by atoms with van der Waals surface area (Å²) in [7, 11) is 0. The molecule has 0 N–H and O–H groups in total. The predicted molar refractivity (Wildman–Crippen MR) is 36.7 cm³/mol. The Hall–Kier alpha value is 0.0200. The van der Waals surface area contributed by atoms with Crippen LogP contribution in [0, 0.1) is 6.42 Å². The average molecular weight is 132 g/mol. The summed E-state index contributed by atoms with van der Waals surface area (Å²) in [6, 6.07) is 0. The highest BCUT2D eigenvalue weighted by molar-refractivity contribution is 7.65. The van der Waals surface area contributed by atoms with E-state index in [-0.39, 0.29) is 0 Å². The van der Waals surface area contributed by atoms with E-state index in [0.717, 1.165) is 18.6 Å². The zero-order valence-electron chi connectivity index (χ0n) is 5.22. The van der Waals surface area contributed by atoms with Gasteiger partial charge < -0.3 is 0 Å². The van der Waals surface area contributed by atoms with E-state index >= 15 is 0 Å². The lowest BCUT2D eigenvalue weighted by atomic mass is 10.2. The van der Waals surface area contributed by atoms with Crippen molar-refractivity contribution in [2.24, 2.45) is 0 Å². The smallest absolute Gasteiger partial charge is 0.0654 e. The molecule has 0 aliphatic rings. The van der Waals surface area contributed by atoms with Crippen molar-refractivity contribution >= 4 is 11.7 Å². The maximum Gasteiger partial charge on any atom is 0.458 e. The number of hydrogen-bond acceptors (Lipinski definition) is 1. The van der Waals surface area contributed by atoms with Crippen LogP contribution in [0.5, 0.6) is 0 Å². The van der Waals surface area contributed by atoms with Crippen molar-refractivity contribution in [2.75, 3.05) is 5.75 Å². The third-order valence-electron chi connectivity index (χ3n) is 0.898. The lowest BCUT2D eigenvalue weighted by molar-refractivity contribution is 0.604. The molecule has 0 bridgehead atoms. The summed E-state index contributed by atoms with van der Waals surface area (Å²) < 4.78 is 9.79. The zero-order valence-corrected chi connectivity index (χ0v) is 6.04. The van der Waals surface area contributed by atoms with Crippen molar-refractivity contribution in [3.8, 4) is 0 Å².